The summed E-state index contributed by atoms with van der Waals surface area (Å²) >= 11 is 0.958. The molecule has 0 saturated carbocycles. The molecule has 3 rings (SSSR count). The van der Waals surface area contributed by atoms with Crippen molar-refractivity contribution in [1.82, 2.24) is 0 Å². The fourth-order valence-corrected chi connectivity index (χ4v) is 4.66. The molecule has 0 aliphatic heterocycles. The minimum atomic E-state index is -0.634. The van der Waals surface area contributed by atoms with Crippen LogP contribution in [0.25, 0.3) is 0 Å². The number of benzene rings is 1. The first-order valence-corrected chi connectivity index (χ1v) is 12.6. The summed E-state index contributed by atoms with van der Waals surface area (Å²) < 4.78 is 21.9. The van der Waals surface area contributed by atoms with Gasteiger partial charge in [-0.05, 0) is 68.5 Å². The number of nitrogens with one attached hydrogen (secondary N) is 1. The average molecular weight is 514 g/mol. The molecule has 0 bridgehead atoms. The summed E-state index contributed by atoms with van der Waals surface area (Å²) in [7, 11) is 0. The summed E-state index contributed by atoms with van der Waals surface area (Å²) in [4.78, 5) is 38.1. The predicted molar refractivity (Wildman–Crippen MR) is 137 cm³/mol. The highest BCUT2D eigenvalue weighted by molar-refractivity contribution is 7.18. The van der Waals surface area contributed by atoms with E-state index in [1.807, 2.05) is 25.1 Å². The summed E-state index contributed by atoms with van der Waals surface area (Å²) in [6.07, 6.45) is 0. The van der Waals surface area contributed by atoms with Crippen molar-refractivity contribution in [3.05, 3.63) is 69.0 Å². The van der Waals surface area contributed by atoms with Crippen molar-refractivity contribution < 1.29 is 33.0 Å². The van der Waals surface area contributed by atoms with Crippen molar-refractivity contribution in [3.8, 4) is 5.75 Å². The average Bonchev–Trinajstić information content (AvgIpc) is 3.42. The fraction of sp³-hybridized carbons (Fsp3) is 0.370. The molecule has 3 aromatic rings. The smallest absolute Gasteiger partial charge is 0.348 e. The van der Waals surface area contributed by atoms with Gasteiger partial charge in [0.05, 0.1) is 18.8 Å². The van der Waals surface area contributed by atoms with E-state index in [2.05, 4.69) is 19.2 Å². The van der Waals surface area contributed by atoms with E-state index >= 15 is 0 Å². The van der Waals surface area contributed by atoms with Crippen LogP contribution in [-0.4, -0.2) is 31.1 Å². The Labute approximate surface area is 214 Å². The molecule has 0 spiro atoms. The van der Waals surface area contributed by atoms with Gasteiger partial charge in [0.25, 0.3) is 5.91 Å². The van der Waals surface area contributed by atoms with E-state index in [9.17, 15) is 14.4 Å². The molecule has 0 radical (unpaired) electrons. The molecular formula is C27H31NO7S. The third kappa shape index (κ3) is 6.15. The Bertz CT molecular complexity index is 1260. The van der Waals surface area contributed by atoms with Crippen LogP contribution in [0.5, 0.6) is 5.75 Å². The second-order valence-electron chi connectivity index (χ2n) is 8.41. The van der Waals surface area contributed by atoms with Gasteiger partial charge in [0.2, 0.25) is 0 Å². The van der Waals surface area contributed by atoms with Crippen molar-refractivity contribution in [3.63, 3.8) is 0 Å². The van der Waals surface area contributed by atoms with Crippen molar-refractivity contribution in [1.29, 1.82) is 0 Å². The summed E-state index contributed by atoms with van der Waals surface area (Å²) in [5, 5.41) is 2.87. The number of anilines is 1. The number of carbonyl (C=O) groups excluding carboxylic acids is 3. The molecule has 0 aliphatic carbocycles. The number of amides is 1. The first-order valence-electron chi connectivity index (χ1n) is 11.8. The lowest BCUT2D eigenvalue weighted by molar-refractivity contribution is 0.0527. The molecule has 1 aromatic carbocycles. The van der Waals surface area contributed by atoms with E-state index in [4.69, 9.17) is 18.6 Å². The molecule has 36 heavy (non-hydrogen) atoms. The van der Waals surface area contributed by atoms with Crippen LogP contribution in [0.1, 0.15) is 86.6 Å². The first kappa shape index (κ1) is 27.0. The van der Waals surface area contributed by atoms with Crippen LogP contribution in [0.15, 0.2) is 34.7 Å². The number of rotatable bonds is 10. The standard InChI is InChI=1S/C27H31NO7S/c1-7-32-26(30)22-17(6)23(27(31)33-8-2)36-25(22)28-24(29)20-12-10-18(35-20)14-34-21-13-16(5)9-11-19(21)15(3)4/h9-13,15H,7-8,14H2,1-6H3,(H,28,29). The van der Waals surface area contributed by atoms with Crippen LogP contribution in [0, 0.1) is 13.8 Å². The number of carbonyl (C=O) groups is 3. The molecule has 8 nitrogen and oxygen atoms in total. The lowest BCUT2D eigenvalue weighted by Gasteiger charge is -2.14. The molecule has 0 unspecified atom stereocenters. The van der Waals surface area contributed by atoms with Crippen LogP contribution in [0.4, 0.5) is 5.00 Å². The molecule has 1 amide bonds. The molecule has 0 saturated heterocycles. The van der Waals surface area contributed by atoms with Gasteiger partial charge < -0.3 is 23.9 Å². The van der Waals surface area contributed by atoms with Crippen LogP contribution in [-0.2, 0) is 16.1 Å². The summed E-state index contributed by atoms with van der Waals surface area (Å²) in [5.74, 6) is -0.197. The highest BCUT2D eigenvalue weighted by Crippen LogP contribution is 2.35. The lowest BCUT2D eigenvalue weighted by atomic mass is 10.0. The largest absolute Gasteiger partial charge is 0.485 e. The van der Waals surface area contributed by atoms with Crippen molar-refractivity contribution in [2.24, 2.45) is 0 Å². The maximum atomic E-state index is 12.9. The molecule has 2 heterocycles. The molecule has 192 valence electrons. The number of esters is 2. The van der Waals surface area contributed by atoms with E-state index in [1.165, 1.54) is 6.07 Å². The number of ether oxygens (including phenoxy) is 3. The normalized spacial score (nSPS) is 10.9. The Morgan fingerprint density at radius 1 is 1.00 bits per heavy atom. The minimum absolute atomic E-state index is 0.0421. The molecule has 0 atom stereocenters. The van der Waals surface area contributed by atoms with Crippen LogP contribution in [0.3, 0.4) is 0 Å². The lowest BCUT2D eigenvalue weighted by Crippen LogP contribution is -2.14. The van der Waals surface area contributed by atoms with E-state index in [0.717, 1.165) is 28.2 Å². The summed E-state index contributed by atoms with van der Waals surface area (Å²) in [6.45, 7) is 11.7. The number of hydrogen-bond acceptors (Lipinski definition) is 8. The van der Waals surface area contributed by atoms with E-state index in [0.29, 0.717) is 17.2 Å². The Balaban J connectivity index is 1.78. The summed E-state index contributed by atoms with van der Waals surface area (Å²) in [5.41, 5.74) is 2.68. The van der Waals surface area contributed by atoms with Crippen molar-refractivity contribution in [2.45, 2.75) is 54.1 Å². The van der Waals surface area contributed by atoms with Gasteiger partial charge in [-0.3, -0.25) is 4.79 Å². The zero-order valence-electron chi connectivity index (χ0n) is 21.4. The fourth-order valence-electron chi connectivity index (χ4n) is 3.58. The highest BCUT2D eigenvalue weighted by Gasteiger charge is 2.28. The number of furan rings is 1. The second kappa shape index (κ2) is 11.9. The van der Waals surface area contributed by atoms with Gasteiger partial charge >= 0.3 is 11.9 Å². The number of hydrogen-bond donors (Lipinski definition) is 1. The minimum Gasteiger partial charge on any atom is -0.485 e. The predicted octanol–water partition coefficient (Wildman–Crippen LogP) is 6.27. The van der Waals surface area contributed by atoms with Crippen LogP contribution in [0.2, 0.25) is 0 Å². The van der Waals surface area contributed by atoms with Crippen molar-refractivity contribution >= 4 is 34.2 Å². The molecular weight excluding hydrogens is 482 g/mol. The Kier molecular flexibility index (Phi) is 8.93. The van der Waals surface area contributed by atoms with Gasteiger partial charge in [-0.1, -0.05) is 26.0 Å². The van der Waals surface area contributed by atoms with Crippen molar-refractivity contribution in [2.75, 3.05) is 18.5 Å². The highest BCUT2D eigenvalue weighted by atomic mass is 32.1. The topological polar surface area (TPSA) is 104 Å². The van der Waals surface area contributed by atoms with Gasteiger partial charge in [-0.25, -0.2) is 9.59 Å². The zero-order valence-corrected chi connectivity index (χ0v) is 22.2. The zero-order chi connectivity index (χ0) is 26.4. The van der Waals surface area contributed by atoms with Gasteiger partial charge in [0.1, 0.15) is 28.0 Å². The third-order valence-corrected chi connectivity index (χ3v) is 6.55. The van der Waals surface area contributed by atoms with Gasteiger partial charge in [0.15, 0.2) is 5.76 Å². The van der Waals surface area contributed by atoms with E-state index in [1.54, 1.807) is 26.8 Å². The molecule has 0 aliphatic rings. The second-order valence-corrected chi connectivity index (χ2v) is 9.43. The SMILES string of the molecule is CCOC(=O)c1sc(NC(=O)c2ccc(COc3cc(C)ccc3C(C)C)o2)c(C(=O)OCC)c1C. The van der Waals surface area contributed by atoms with Gasteiger partial charge in [0, 0.05) is 0 Å². The van der Waals surface area contributed by atoms with Crippen LogP contribution < -0.4 is 10.1 Å². The summed E-state index contributed by atoms with van der Waals surface area (Å²) in [6, 6.07) is 9.26. The third-order valence-electron chi connectivity index (χ3n) is 5.36. The Morgan fingerprint density at radius 2 is 1.69 bits per heavy atom. The van der Waals surface area contributed by atoms with Gasteiger partial charge in [-0.2, -0.15) is 0 Å². The maximum Gasteiger partial charge on any atom is 0.348 e. The number of thiophene rings is 1. The van der Waals surface area contributed by atoms with E-state index in [-0.39, 0.29) is 41.0 Å². The maximum absolute atomic E-state index is 12.9. The molecule has 1 N–H and O–H groups in total. The molecule has 0 fully saturated rings. The molecule has 9 heteroatoms. The quantitative estimate of drug-likeness (QED) is 0.319. The first-order chi connectivity index (χ1) is 17.2. The van der Waals surface area contributed by atoms with E-state index < -0.39 is 17.8 Å². The van der Waals surface area contributed by atoms with Crippen LogP contribution >= 0.6 is 11.3 Å². The number of aryl methyl sites for hydroxylation is 1. The monoisotopic (exact) mass is 513 g/mol. The molecule has 2 aromatic heterocycles. The Morgan fingerprint density at radius 3 is 2.36 bits per heavy atom. The Hall–Kier alpha value is -3.59. The van der Waals surface area contributed by atoms with Gasteiger partial charge in [-0.15, -0.1) is 11.3 Å².